The zero-order chi connectivity index (χ0) is 14.3. The van der Waals surface area contributed by atoms with Crippen molar-refractivity contribution in [2.24, 2.45) is 5.41 Å². The summed E-state index contributed by atoms with van der Waals surface area (Å²) in [5, 5.41) is 4.00. The number of carbonyl (C=O) groups is 2. The molecule has 2 fully saturated rings. The van der Waals surface area contributed by atoms with E-state index >= 15 is 0 Å². The summed E-state index contributed by atoms with van der Waals surface area (Å²) in [6.07, 6.45) is 1.47. The molecule has 2 saturated heterocycles. The van der Waals surface area contributed by atoms with E-state index in [4.69, 9.17) is 0 Å². The fourth-order valence-electron chi connectivity index (χ4n) is 3.20. The van der Waals surface area contributed by atoms with Crippen LogP contribution in [0.1, 0.15) is 12.8 Å². The fraction of sp³-hybridized carbons (Fsp3) is 0.571. The van der Waals surface area contributed by atoms with Gasteiger partial charge < -0.3 is 14.7 Å². The lowest BCUT2D eigenvalue weighted by molar-refractivity contribution is -0.117. The van der Waals surface area contributed by atoms with E-state index < -0.39 is 0 Å². The van der Waals surface area contributed by atoms with Crippen LogP contribution in [0.25, 0.3) is 0 Å². The zero-order valence-corrected chi connectivity index (χ0v) is 12.7. The number of rotatable bonds is 1. The normalized spacial score (nSPS) is 25.8. The number of hydrogen-bond acceptors (Lipinski definition) is 3. The first kappa shape index (κ1) is 13.4. The minimum Gasteiger partial charge on any atom is -0.331 e. The molecule has 1 atom stereocenters. The second-order valence-electron chi connectivity index (χ2n) is 5.99. The average Bonchev–Trinajstić information content (AvgIpc) is 3.10. The summed E-state index contributed by atoms with van der Waals surface area (Å²) in [4.78, 5) is 29.6. The number of carbonyl (C=O) groups excluding carboxylic acids is 2. The highest BCUT2D eigenvalue weighted by Crippen LogP contribution is 2.42. The molecular formula is C14H19N3O2S. The summed E-state index contributed by atoms with van der Waals surface area (Å²) >= 11 is 1.60. The van der Waals surface area contributed by atoms with Crippen molar-refractivity contribution in [3.8, 4) is 0 Å². The van der Waals surface area contributed by atoms with Gasteiger partial charge in [-0.25, -0.2) is 4.79 Å². The van der Waals surface area contributed by atoms with Crippen molar-refractivity contribution in [2.75, 3.05) is 38.6 Å². The Labute approximate surface area is 122 Å². The van der Waals surface area contributed by atoms with Crippen molar-refractivity contribution >= 4 is 29.0 Å². The van der Waals surface area contributed by atoms with Crippen LogP contribution >= 0.6 is 11.3 Å². The van der Waals surface area contributed by atoms with Crippen LogP contribution in [0.5, 0.6) is 0 Å². The Hall–Kier alpha value is -1.56. The minimum atomic E-state index is -0.0509. The van der Waals surface area contributed by atoms with Gasteiger partial charge in [0, 0.05) is 50.9 Å². The van der Waals surface area contributed by atoms with Crippen LogP contribution in [-0.4, -0.2) is 55.5 Å². The number of hydrogen-bond donors (Lipinski definition) is 0. The highest BCUT2D eigenvalue weighted by atomic mass is 32.1. The smallest absolute Gasteiger partial charge is 0.319 e. The molecule has 3 amide bonds. The Morgan fingerprint density at radius 3 is 2.85 bits per heavy atom. The number of urea groups is 1. The Kier molecular flexibility index (Phi) is 3.20. The van der Waals surface area contributed by atoms with E-state index in [1.54, 1.807) is 30.3 Å². The monoisotopic (exact) mass is 293 g/mol. The van der Waals surface area contributed by atoms with E-state index in [1.165, 1.54) is 0 Å². The molecule has 1 aromatic heterocycles. The van der Waals surface area contributed by atoms with Gasteiger partial charge in [0.1, 0.15) is 0 Å². The minimum absolute atomic E-state index is 0.0447. The molecule has 0 N–H and O–H groups in total. The topological polar surface area (TPSA) is 43.9 Å². The van der Waals surface area contributed by atoms with Gasteiger partial charge in [-0.05, 0) is 17.9 Å². The summed E-state index contributed by atoms with van der Waals surface area (Å²) in [6, 6.07) is 2.03. The Bertz CT molecular complexity index is 529. The summed E-state index contributed by atoms with van der Waals surface area (Å²) in [7, 11) is 3.54. The van der Waals surface area contributed by atoms with E-state index in [0.29, 0.717) is 13.0 Å². The maximum Gasteiger partial charge on any atom is 0.319 e. The van der Waals surface area contributed by atoms with Gasteiger partial charge in [-0.1, -0.05) is 0 Å². The summed E-state index contributed by atoms with van der Waals surface area (Å²) in [5.74, 6) is 0.183. The second kappa shape index (κ2) is 4.77. The van der Waals surface area contributed by atoms with E-state index in [0.717, 1.165) is 25.2 Å². The maximum atomic E-state index is 12.3. The molecule has 3 rings (SSSR count). The lowest BCUT2D eigenvalue weighted by Gasteiger charge is -2.25. The van der Waals surface area contributed by atoms with Gasteiger partial charge in [-0.2, -0.15) is 11.3 Å². The van der Waals surface area contributed by atoms with Gasteiger partial charge in [0.15, 0.2) is 0 Å². The van der Waals surface area contributed by atoms with Gasteiger partial charge in [0.2, 0.25) is 5.91 Å². The van der Waals surface area contributed by atoms with Crippen LogP contribution in [0.3, 0.4) is 0 Å². The molecular weight excluding hydrogens is 274 g/mol. The molecule has 3 heterocycles. The maximum absolute atomic E-state index is 12.3. The second-order valence-corrected chi connectivity index (χ2v) is 6.77. The molecule has 0 radical (unpaired) electrons. The molecule has 0 bridgehead atoms. The third kappa shape index (κ3) is 2.18. The van der Waals surface area contributed by atoms with Crippen LogP contribution in [0, 0.1) is 5.41 Å². The summed E-state index contributed by atoms with van der Waals surface area (Å²) < 4.78 is 0. The third-order valence-corrected chi connectivity index (χ3v) is 4.90. The van der Waals surface area contributed by atoms with Crippen molar-refractivity contribution < 1.29 is 9.59 Å². The highest BCUT2D eigenvalue weighted by molar-refractivity contribution is 7.08. The number of thiophene rings is 1. The molecule has 2 aliphatic rings. The molecule has 5 nitrogen and oxygen atoms in total. The average molecular weight is 293 g/mol. The molecule has 1 aromatic rings. The van der Waals surface area contributed by atoms with Crippen molar-refractivity contribution in [2.45, 2.75) is 12.8 Å². The first-order chi connectivity index (χ1) is 9.51. The van der Waals surface area contributed by atoms with E-state index in [9.17, 15) is 9.59 Å². The van der Waals surface area contributed by atoms with E-state index in [-0.39, 0.29) is 17.4 Å². The van der Waals surface area contributed by atoms with Crippen molar-refractivity contribution in [3.05, 3.63) is 16.8 Å². The van der Waals surface area contributed by atoms with Crippen molar-refractivity contribution in [1.82, 2.24) is 9.80 Å². The molecule has 0 aromatic carbocycles. The first-order valence-electron chi connectivity index (χ1n) is 6.80. The molecule has 20 heavy (non-hydrogen) atoms. The lowest BCUT2D eigenvalue weighted by atomic mass is 9.86. The predicted octanol–water partition coefficient (Wildman–Crippen LogP) is 1.86. The molecule has 108 valence electrons. The number of amides is 3. The van der Waals surface area contributed by atoms with E-state index in [1.807, 2.05) is 26.6 Å². The largest absolute Gasteiger partial charge is 0.331 e. The van der Waals surface area contributed by atoms with Crippen molar-refractivity contribution in [3.63, 3.8) is 0 Å². The van der Waals surface area contributed by atoms with Crippen LogP contribution in [0.15, 0.2) is 16.8 Å². The first-order valence-corrected chi connectivity index (χ1v) is 7.74. The fourth-order valence-corrected chi connectivity index (χ4v) is 3.84. The molecule has 0 saturated carbocycles. The number of nitrogens with zero attached hydrogens (tertiary/aromatic N) is 3. The molecule has 2 aliphatic heterocycles. The SMILES string of the molecule is CN(C)C(=O)N1CC[C@]2(CC(=O)N(c3ccsc3)C2)C1. The standard InChI is InChI=1S/C14H19N3O2S/c1-15(2)13(19)16-5-4-14(9-16)7-12(18)17(10-14)11-3-6-20-8-11/h3,6,8H,4-5,7,9-10H2,1-2H3/t14-/m0/s1. The van der Waals surface area contributed by atoms with Gasteiger partial charge >= 0.3 is 6.03 Å². The third-order valence-electron chi connectivity index (χ3n) is 4.23. The molecule has 0 aliphatic carbocycles. The van der Waals surface area contributed by atoms with Gasteiger partial charge in [0.05, 0.1) is 5.69 Å². The Morgan fingerprint density at radius 2 is 2.20 bits per heavy atom. The van der Waals surface area contributed by atoms with Gasteiger partial charge in [-0.15, -0.1) is 0 Å². The Morgan fingerprint density at radius 1 is 1.40 bits per heavy atom. The molecule has 0 unspecified atom stereocenters. The highest BCUT2D eigenvalue weighted by Gasteiger charge is 2.49. The quantitative estimate of drug-likeness (QED) is 0.793. The number of anilines is 1. The summed E-state index contributed by atoms with van der Waals surface area (Å²) in [6.45, 7) is 2.18. The molecule has 6 heteroatoms. The van der Waals surface area contributed by atoms with Crippen LogP contribution in [-0.2, 0) is 4.79 Å². The van der Waals surface area contributed by atoms with E-state index in [2.05, 4.69) is 0 Å². The van der Waals surface area contributed by atoms with Crippen LogP contribution in [0.2, 0.25) is 0 Å². The van der Waals surface area contributed by atoms with Crippen molar-refractivity contribution in [1.29, 1.82) is 0 Å². The summed E-state index contributed by atoms with van der Waals surface area (Å²) in [5.41, 5.74) is 0.944. The number of likely N-dealkylation sites (tertiary alicyclic amines) is 1. The van der Waals surface area contributed by atoms with Gasteiger partial charge in [-0.3, -0.25) is 4.79 Å². The Balaban J connectivity index is 1.73. The van der Waals surface area contributed by atoms with Crippen LogP contribution in [0.4, 0.5) is 10.5 Å². The zero-order valence-electron chi connectivity index (χ0n) is 11.8. The van der Waals surface area contributed by atoms with Crippen LogP contribution < -0.4 is 4.90 Å². The predicted molar refractivity (Wildman–Crippen MR) is 79.0 cm³/mol. The molecule has 1 spiro atoms. The lowest BCUT2D eigenvalue weighted by Crippen LogP contribution is -2.39. The van der Waals surface area contributed by atoms with Gasteiger partial charge in [0.25, 0.3) is 0 Å².